The maximum atomic E-state index is 14.0. The van der Waals surface area contributed by atoms with E-state index < -0.39 is 0 Å². The molecule has 3 rings (SSSR count). The molecule has 2 N–H and O–H groups in total. The molecular weight excluding hydrogens is 255 g/mol. The van der Waals surface area contributed by atoms with Crippen molar-refractivity contribution in [3.63, 3.8) is 0 Å². The Morgan fingerprint density at radius 1 is 1.25 bits per heavy atom. The second kappa shape index (κ2) is 5.04. The summed E-state index contributed by atoms with van der Waals surface area (Å²) in [6.07, 6.45) is 0.980. The van der Waals surface area contributed by atoms with Crippen molar-refractivity contribution in [1.82, 2.24) is 0 Å². The van der Waals surface area contributed by atoms with Crippen LogP contribution in [0, 0.1) is 5.82 Å². The minimum atomic E-state index is -0.235. The predicted octanol–water partition coefficient (Wildman–Crippen LogP) is 2.98. The Morgan fingerprint density at radius 3 is 2.85 bits per heavy atom. The largest absolute Gasteiger partial charge is 0.497 e. The normalized spacial score (nSPS) is 13.4. The summed E-state index contributed by atoms with van der Waals surface area (Å²) in [6.45, 7) is 1.44. The highest BCUT2D eigenvalue weighted by Crippen LogP contribution is 2.31. The third-order valence-corrected chi connectivity index (χ3v) is 3.72. The Morgan fingerprint density at radius 2 is 2.10 bits per heavy atom. The van der Waals surface area contributed by atoms with E-state index in [1.807, 2.05) is 12.1 Å². The molecule has 1 aliphatic heterocycles. The van der Waals surface area contributed by atoms with Crippen LogP contribution in [0.4, 0.5) is 15.8 Å². The highest BCUT2D eigenvalue weighted by molar-refractivity contribution is 5.64. The molecule has 0 amide bonds. The van der Waals surface area contributed by atoms with E-state index in [-0.39, 0.29) is 5.82 Å². The lowest BCUT2D eigenvalue weighted by atomic mass is 10.1. The summed E-state index contributed by atoms with van der Waals surface area (Å²) in [5, 5.41) is 0. The van der Waals surface area contributed by atoms with Crippen LogP contribution in [0.25, 0.3) is 0 Å². The van der Waals surface area contributed by atoms with Crippen LogP contribution in [0.5, 0.6) is 5.75 Å². The standard InChI is InChI=1S/C16H17FN2O/c1-20-14-5-3-12(15(17)9-14)10-19-7-6-11-2-4-13(18)8-16(11)19/h2-5,8-9H,6-7,10,18H2,1H3. The van der Waals surface area contributed by atoms with Crippen molar-refractivity contribution in [1.29, 1.82) is 0 Å². The molecule has 0 aliphatic carbocycles. The number of ether oxygens (including phenoxy) is 1. The number of nitrogens with zero attached hydrogens (tertiary/aromatic N) is 1. The number of nitrogen functional groups attached to an aromatic ring is 1. The summed E-state index contributed by atoms with van der Waals surface area (Å²) in [7, 11) is 1.54. The van der Waals surface area contributed by atoms with Gasteiger partial charge in [0.15, 0.2) is 0 Å². The predicted molar refractivity (Wildman–Crippen MR) is 78.6 cm³/mol. The number of hydrogen-bond donors (Lipinski definition) is 1. The molecule has 0 atom stereocenters. The van der Waals surface area contributed by atoms with Crippen molar-refractivity contribution in [2.75, 3.05) is 24.3 Å². The molecule has 0 bridgehead atoms. The van der Waals surface area contributed by atoms with Crippen molar-refractivity contribution >= 4 is 11.4 Å². The molecule has 0 fully saturated rings. The molecule has 0 unspecified atom stereocenters. The SMILES string of the molecule is COc1ccc(CN2CCc3ccc(N)cc32)c(F)c1. The van der Waals surface area contributed by atoms with Gasteiger partial charge in [-0.25, -0.2) is 4.39 Å². The van der Waals surface area contributed by atoms with Gasteiger partial charge in [-0.05, 0) is 30.2 Å². The summed E-state index contributed by atoms with van der Waals surface area (Å²) in [5.74, 6) is 0.305. The van der Waals surface area contributed by atoms with Crippen LogP contribution in [-0.4, -0.2) is 13.7 Å². The van der Waals surface area contributed by atoms with E-state index >= 15 is 0 Å². The highest BCUT2D eigenvalue weighted by Gasteiger charge is 2.20. The number of fused-ring (bicyclic) bond motifs is 1. The number of hydrogen-bond acceptors (Lipinski definition) is 3. The molecular formula is C16H17FN2O. The molecule has 2 aromatic rings. The summed E-state index contributed by atoms with van der Waals surface area (Å²) >= 11 is 0. The van der Waals surface area contributed by atoms with E-state index in [4.69, 9.17) is 10.5 Å². The van der Waals surface area contributed by atoms with Crippen molar-refractivity contribution in [3.05, 3.63) is 53.3 Å². The van der Waals surface area contributed by atoms with Gasteiger partial charge in [0.1, 0.15) is 11.6 Å². The van der Waals surface area contributed by atoms with Gasteiger partial charge in [0, 0.05) is 36.1 Å². The monoisotopic (exact) mass is 272 g/mol. The Kier molecular flexibility index (Phi) is 3.22. The zero-order valence-corrected chi connectivity index (χ0v) is 11.4. The average molecular weight is 272 g/mol. The van der Waals surface area contributed by atoms with Gasteiger partial charge in [-0.1, -0.05) is 12.1 Å². The van der Waals surface area contributed by atoms with Gasteiger partial charge in [-0.15, -0.1) is 0 Å². The van der Waals surface area contributed by atoms with Gasteiger partial charge >= 0.3 is 0 Å². The number of methoxy groups -OCH3 is 1. The molecule has 4 heteroatoms. The van der Waals surface area contributed by atoms with Crippen LogP contribution in [-0.2, 0) is 13.0 Å². The van der Waals surface area contributed by atoms with Crippen molar-refractivity contribution in [2.45, 2.75) is 13.0 Å². The van der Waals surface area contributed by atoms with Crippen LogP contribution < -0.4 is 15.4 Å². The van der Waals surface area contributed by atoms with Crippen molar-refractivity contribution < 1.29 is 9.13 Å². The molecule has 1 aliphatic rings. The lowest BCUT2D eigenvalue weighted by Gasteiger charge is -2.20. The van der Waals surface area contributed by atoms with Crippen LogP contribution in [0.1, 0.15) is 11.1 Å². The van der Waals surface area contributed by atoms with Crippen LogP contribution in [0.15, 0.2) is 36.4 Å². The Labute approximate surface area is 117 Å². The molecule has 1 heterocycles. The van der Waals surface area contributed by atoms with Crippen LogP contribution in [0.2, 0.25) is 0 Å². The quantitative estimate of drug-likeness (QED) is 0.873. The van der Waals surface area contributed by atoms with E-state index in [1.165, 1.54) is 18.7 Å². The second-order valence-electron chi connectivity index (χ2n) is 5.02. The minimum absolute atomic E-state index is 0.235. The Balaban J connectivity index is 1.85. The minimum Gasteiger partial charge on any atom is -0.497 e. The second-order valence-corrected chi connectivity index (χ2v) is 5.02. The summed E-state index contributed by atoms with van der Waals surface area (Å²) < 4.78 is 19.0. The van der Waals surface area contributed by atoms with Crippen LogP contribution in [0.3, 0.4) is 0 Å². The Hall–Kier alpha value is -2.23. The summed E-state index contributed by atoms with van der Waals surface area (Å²) in [4.78, 5) is 2.16. The molecule has 20 heavy (non-hydrogen) atoms. The molecule has 0 saturated heterocycles. The molecule has 0 spiro atoms. The maximum Gasteiger partial charge on any atom is 0.131 e. The number of halogens is 1. The fourth-order valence-electron chi connectivity index (χ4n) is 2.62. The first kappa shape index (κ1) is 12.8. The molecule has 3 nitrogen and oxygen atoms in total. The highest BCUT2D eigenvalue weighted by atomic mass is 19.1. The van der Waals surface area contributed by atoms with Gasteiger partial charge in [-0.2, -0.15) is 0 Å². The number of benzene rings is 2. The topological polar surface area (TPSA) is 38.5 Å². The third-order valence-electron chi connectivity index (χ3n) is 3.72. The maximum absolute atomic E-state index is 14.0. The zero-order valence-electron chi connectivity index (χ0n) is 11.4. The van der Waals surface area contributed by atoms with E-state index in [9.17, 15) is 4.39 Å². The first-order valence-corrected chi connectivity index (χ1v) is 6.63. The molecule has 0 aromatic heterocycles. The molecule has 2 aromatic carbocycles. The van der Waals surface area contributed by atoms with Crippen molar-refractivity contribution in [2.24, 2.45) is 0 Å². The average Bonchev–Trinajstić information content (AvgIpc) is 2.83. The first-order valence-electron chi connectivity index (χ1n) is 6.63. The van der Waals surface area contributed by atoms with Gasteiger partial charge in [-0.3, -0.25) is 0 Å². The molecule has 0 radical (unpaired) electrons. The smallest absolute Gasteiger partial charge is 0.131 e. The van der Waals surface area contributed by atoms with Crippen molar-refractivity contribution in [3.8, 4) is 5.75 Å². The molecule has 104 valence electrons. The summed E-state index contributed by atoms with van der Waals surface area (Å²) in [6, 6.07) is 10.9. The van der Waals surface area contributed by atoms with Crippen LogP contribution >= 0.6 is 0 Å². The van der Waals surface area contributed by atoms with E-state index in [2.05, 4.69) is 11.0 Å². The number of nitrogens with two attached hydrogens (primary N) is 1. The number of rotatable bonds is 3. The fourth-order valence-corrected chi connectivity index (χ4v) is 2.62. The summed E-state index contributed by atoms with van der Waals surface area (Å²) in [5.41, 5.74) is 9.63. The van der Waals surface area contributed by atoms with Gasteiger partial charge in [0.2, 0.25) is 0 Å². The lowest BCUT2D eigenvalue weighted by Crippen LogP contribution is -2.20. The molecule has 0 saturated carbocycles. The van der Waals surface area contributed by atoms with Gasteiger partial charge in [0.25, 0.3) is 0 Å². The Bertz CT molecular complexity index is 642. The fraction of sp³-hybridized carbons (Fsp3) is 0.250. The van der Waals surface area contributed by atoms with Gasteiger partial charge in [0.05, 0.1) is 7.11 Å². The number of anilines is 2. The lowest BCUT2D eigenvalue weighted by molar-refractivity contribution is 0.410. The third kappa shape index (κ3) is 2.29. The zero-order chi connectivity index (χ0) is 14.1. The van der Waals surface area contributed by atoms with E-state index in [1.54, 1.807) is 12.1 Å². The van der Waals surface area contributed by atoms with E-state index in [0.717, 1.165) is 24.3 Å². The first-order chi connectivity index (χ1) is 9.67. The van der Waals surface area contributed by atoms with Gasteiger partial charge < -0.3 is 15.4 Å². The van der Waals surface area contributed by atoms with E-state index in [0.29, 0.717) is 17.9 Å².